The summed E-state index contributed by atoms with van der Waals surface area (Å²) in [7, 11) is 4.66. The van der Waals surface area contributed by atoms with E-state index >= 15 is 0 Å². The number of ether oxygens (including phenoxy) is 4. The molecule has 0 saturated heterocycles. The standard InChI is InChI=1S/C27H26Br2N2O6S/c1-13(2)37-26(33)22-14(3)30-27-31(23(22)17-12-16(28)7-8-19(17)34-4)25(32)21(38-27)11-15-9-18(29)24(36-6)20(10-15)35-5/h7-13,23H,1-6H3/b21-11-/t23-/m1/s1. The Kier molecular flexibility index (Phi) is 8.49. The van der Waals surface area contributed by atoms with Crippen molar-refractivity contribution in [3.8, 4) is 17.2 Å². The van der Waals surface area contributed by atoms with Crippen LogP contribution in [0.15, 0.2) is 60.3 Å². The Morgan fingerprint density at radius 3 is 2.42 bits per heavy atom. The highest BCUT2D eigenvalue weighted by atomic mass is 79.9. The van der Waals surface area contributed by atoms with E-state index < -0.39 is 12.0 Å². The van der Waals surface area contributed by atoms with Crippen LogP contribution >= 0.6 is 43.2 Å². The summed E-state index contributed by atoms with van der Waals surface area (Å²) in [5, 5.41) is 0. The molecule has 1 aliphatic heterocycles. The number of hydrogen-bond acceptors (Lipinski definition) is 8. The Bertz CT molecular complexity index is 1620. The molecule has 1 aromatic heterocycles. The number of allylic oxidation sites excluding steroid dienone is 1. The summed E-state index contributed by atoms with van der Waals surface area (Å²) in [6.07, 6.45) is 1.41. The van der Waals surface area contributed by atoms with Gasteiger partial charge in [-0.25, -0.2) is 9.79 Å². The van der Waals surface area contributed by atoms with Crippen LogP contribution in [0, 0.1) is 0 Å². The third kappa shape index (κ3) is 5.32. The zero-order valence-electron chi connectivity index (χ0n) is 21.6. The van der Waals surface area contributed by atoms with Crippen LogP contribution in [-0.4, -0.2) is 38.0 Å². The fourth-order valence-electron chi connectivity index (χ4n) is 4.25. The topological polar surface area (TPSA) is 88.4 Å². The van der Waals surface area contributed by atoms with Gasteiger partial charge in [-0.2, -0.15) is 0 Å². The highest BCUT2D eigenvalue weighted by molar-refractivity contribution is 9.10. The molecule has 0 bridgehead atoms. The number of aromatic nitrogens is 1. The van der Waals surface area contributed by atoms with Gasteiger partial charge in [-0.1, -0.05) is 27.3 Å². The van der Waals surface area contributed by atoms with Crippen LogP contribution in [0.25, 0.3) is 6.08 Å². The fourth-order valence-corrected chi connectivity index (χ4v) is 6.29. The van der Waals surface area contributed by atoms with Gasteiger partial charge in [-0.05, 0) is 78.7 Å². The van der Waals surface area contributed by atoms with Gasteiger partial charge in [0.05, 0.1) is 47.7 Å². The minimum atomic E-state index is -0.802. The third-order valence-corrected chi connectivity index (χ3v) is 7.89. The largest absolute Gasteiger partial charge is 0.496 e. The number of hydrogen-bond donors (Lipinski definition) is 0. The van der Waals surface area contributed by atoms with Crippen LogP contribution in [-0.2, 0) is 9.53 Å². The van der Waals surface area contributed by atoms with Gasteiger partial charge in [0.2, 0.25) is 0 Å². The van der Waals surface area contributed by atoms with E-state index in [0.29, 0.717) is 42.3 Å². The van der Waals surface area contributed by atoms with Gasteiger partial charge in [0.15, 0.2) is 16.3 Å². The van der Waals surface area contributed by atoms with E-state index in [1.165, 1.54) is 15.9 Å². The van der Waals surface area contributed by atoms with Crippen molar-refractivity contribution >= 4 is 55.2 Å². The van der Waals surface area contributed by atoms with Gasteiger partial charge >= 0.3 is 5.97 Å². The molecule has 0 spiro atoms. The fraction of sp³-hybridized carbons (Fsp3) is 0.296. The Hall–Kier alpha value is -2.89. The summed E-state index contributed by atoms with van der Waals surface area (Å²) in [6, 6.07) is 8.29. The maximum atomic E-state index is 13.9. The molecular weight excluding hydrogens is 640 g/mol. The normalized spacial score (nSPS) is 15.3. The Morgan fingerprint density at radius 1 is 1.08 bits per heavy atom. The van der Waals surface area contributed by atoms with Crippen molar-refractivity contribution < 1.29 is 23.7 Å². The molecule has 1 aliphatic rings. The molecule has 1 atom stereocenters. The van der Waals surface area contributed by atoms with Gasteiger partial charge < -0.3 is 18.9 Å². The van der Waals surface area contributed by atoms with Crippen LogP contribution in [0.1, 0.15) is 37.9 Å². The molecule has 0 radical (unpaired) electrons. The van der Waals surface area contributed by atoms with Crippen LogP contribution in [0.3, 0.4) is 0 Å². The molecule has 8 nitrogen and oxygen atoms in total. The number of nitrogens with zero attached hydrogens (tertiary/aromatic N) is 2. The van der Waals surface area contributed by atoms with E-state index in [-0.39, 0.29) is 17.2 Å². The number of thiazole rings is 1. The first-order valence-corrected chi connectivity index (χ1v) is 14.0. The second kappa shape index (κ2) is 11.5. The minimum Gasteiger partial charge on any atom is -0.496 e. The molecule has 3 aromatic rings. The van der Waals surface area contributed by atoms with E-state index in [2.05, 4.69) is 36.9 Å². The van der Waals surface area contributed by atoms with Crippen molar-refractivity contribution in [1.82, 2.24) is 4.57 Å². The minimum absolute atomic E-state index is 0.280. The lowest BCUT2D eigenvalue weighted by Crippen LogP contribution is -2.40. The molecule has 0 aliphatic carbocycles. The van der Waals surface area contributed by atoms with Crippen molar-refractivity contribution in [2.75, 3.05) is 21.3 Å². The monoisotopic (exact) mass is 664 g/mol. The highest BCUT2D eigenvalue weighted by Crippen LogP contribution is 2.38. The number of carbonyl (C=O) groups excluding carboxylic acids is 1. The van der Waals surface area contributed by atoms with Crippen LogP contribution in [0.5, 0.6) is 17.2 Å². The molecule has 38 heavy (non-hydrogen) atoms. The summed E-state index contributed by atoms with van der Waals surface area (Å²) in [4.78, 5) is 32.4. The summed E-state index contributed by atoms with van der Waals surface area (Å²) in [5.74, 6) is 1.07. The smallest absolute Gasteiger partial charge is 0.338 e. The van der Waals surface area contributed by atoms with E-state index in [1.807, 2.05) is 18.2 Å². The first kappa shape index (κ1) is 28.1. The van der Waals surface area contributed by atoms with E-state index in [1.54, 1.807) is 60.3 Å². The number of fused-ring (bicyclic) bond motifs is 1. The summed E-state index contributed by atoms with van der Waals surface area (Å²) in [5.41, 5.74) is 1.82. The van der Waals surface area contributed by atoms with Crippen molar-refractivity contribution in [2.45, 2.75) is 32.9 Å². The zero-order chi connectivity index (χ0) is 27.7. The molecule has 2 aromatic carbocycles. The predicted octanol–water partition coefficient (Wildman–Crippen LogP) is 4.74. The zero-order valence-corrected chi connectivity index (χ0v) is 25.6. The lowest BCUT2D eigenvalue weighted by molar-refractivity contribution is -0.143. The van der Waals surface area contributed by atoms with Crippen LogP contribution in [0.2, 0.25) is 0 Å². The average molecular weight is 666 g/mol. The van der Waals surface area contributed by atoms with Crippen molar-refractivity contribution in [1.29, 1.82) is 0 Å². The first-order chi connectivity index (χ1) is 18.1. The molecule has 0 amide bonds. The summed E-state index contributed by atoms with van der Waals surface area (Å²) in [6.45, 7) is 5.30. The lowest BCUT2D eigenvalue weighted by Gasteiger charge is -2.26. The lowest BCUT2D eigenvalue weighted by atomic mass is 9.95. The number of rotatable bonds is 7. The molecule has 4 rings (SSSR count). The summed E-state index contributed by atoms with van der Waals surface area (Å²) < 4.78 is 25.5. The molecule has 0 N–H and O–H groups in total. The molecule has 0 saturated carbocycles. The highest BCUT2D eigenvalue weighted by Gasteiger charge is 2.35. The molecule has 0 unspecified atom stereocenters. The van der Waals surface area contributed by atoms with Crippen molar-refractivity contribution in [3.05, 3.63) is 81.4 Å². The maximum absolute atomic E-state index is 13.9. The quantitative estimate of drug-likeness (QED) is 0.339. The maximum Gasteiger partial charge on any atom is 0.338 e. The number of halogens is 2. The summed E-state index contributed by atoms with van der Waals surface area (Å²) >= 11 is 8.25. The SMILES string of the molecule is COc1ccc(Br)cc1[C@@H]1C(C(=O)OC(C)C)=C(C)N=c2s/c(=C\c3cc(Br)c(OC)c(OC)c3)c(=O)n21. The number of carbonyl (C=O) groups is 1. The molecule has 2 heterocycles. The molecule has 200 valence electrons. The molecule has 11 heteroatoms. The van der Waals surface area contributed by atoms with Crippen LogP contribution in [0.4, 0.5) is 0 Å². The van der Waals surface area contributed by atoms with Gasteiger partial charge in [0.1, 0.15) is 11.8 Å². The van der Waals surface area contributed by atoms with E-state index in [4.69, 9.17) is 18.9 Å². The second-order valence-corrected chi connectivity index (χ2v) is 11.4. The second-order valence-electron chi connectivity index (χ2n) is 8.66. The number of esters is 1. The first-order valence-electron chi connectivity index (χ1n) is 11.6. The Morgan fingerprint density at radius 2 is 1.79 bits per heavy atom. The Labute approximate surface area is 240 Å². The molecular formula is C27H26Br2N2O6S. The predicted molar refractivity (Wildman–Crippen MR) is 153 cm³/mol. The van der Waals surface area contributed by atoms with Gasteiger partial charge in [-0.3, -0.25) is 9.36 Å². The van der Waals surface area contributed by atoms with Gasteiger partial charge in [-0.15, -0.1) is 0 Å². The van der Waals surface area contributed by atoms with E-state index in [0.717, 1.165) is 10.0 Å². The van der Waals surface area contributed by atoms with E-state index in [9.17, 15) is 9.59 Å². The van der Waals surface area contributed by atoms with Crippen molar-refractivity contribution in [2.24, 2.45) is 4.99 Å². The average Bonchev–Trinajstić information content (AvgIpc) is 3.16. The molecule has 0 fully saturated rings. The van der Waals surface area contributed by atoms with Crippen LogP contribution < -0.4 is 29.1 Å². The van der Waals surface area contributed by atoms with Crippen molar-refractivity contribution in [3.63, 3.8) is 0 Å². The Balaban J connectivity index is 1.99. The number of benzene rings is 2. The van der Waals surface area contributed by atoms with Gasteiger partial charge in [0, 0.05) is 10.0 Å². The third-order valence-electron chi connectivity index (χ3n) is 5.82. The van der Waals surface area contributed by atoms with Gasteiger partial charge in [0.25, 0.3) is 5.56 Å². The number of methoxy groups -OCH3 is 3.